The number of aromatic nitrogens is 2. The molecule has 0 saturated carbocycles. The lowest BCUT2D eigenvalue weighted by atomic mass is 10.3. The molecule has 0 spiro atoms. The van der Waals surface area contributed by atoms with Crippen molar-refractivity contribution in [1.82, 2.24) is 14.9 Å². The smallest absolute Gasteiger partial charge is 0.312 e. The van der Waals surface area contributed by atoms with Crippen molar-refractivity contribution in [2.45, 2.75) is 6.54 Å². The quantitative estimate of drug-likeness (QED) is 0.721. The summed E-state index contributed by atoms with van der Waals surface area (Å²) in [5.74, 6) is -0.0848. The molecule has 0 atom stereocenters. The van der Waals surface area contributed by atoms with Crippen molar-refractivity contribution in [2.24, 2.45) is 5.73 Å². The molecule has 7 heteroatoms. The summed E-state index contributed by atoms with van der Waals surface area (Å²) >= 11 is 0. The predicted molar refractivity (Wildman–Crippen MR) is 61.7 cm³/mol. The summed E-state index contributed by atoms with van der Waals surface area (Å²) < 4.78 is 14.7. The summed E-state index contributed by atoms with van der Waals surface area (Å²) in [6.07, 6.45) is 0. The number of nitrogens with one attached hydrogen (secondary N) is 1. The zero-order valence-corrected chi connectivity index (χ0v) is 8.98. The van der Waals surface area contributed by atoms with Crippen LogP contribution in [0.15, 0.2) is 18.2 Å². The van der Waals surface area contributed by atoms with Crippen molar-refractivity contribution in [3.8, 4) is 0 Å². The summed E-state index contributed by atoms with van der Waals surface area (Å²) in [7, 11) is 0. The number of halogens is 1. The summed E-state index contributed by atoms with van der Waals surface area (Å²) in [5, 5.41) is 2.43. The number of hydrogen-bond donors (Lipinski definition) is 3. The minimum absolute atomic E-state index is 0.275. The standard InChI is InChI=1S/C10H12FN5O/c11-6-1-2-7-8(5-6)16(9(12)15-7)4-3-14-10(13)17/h1-2,5H,3-4H2,(H2,12,15)(H3,13,14,17). The van der Waals surface area contributed by atoms with Crippen LogP contribution in [0.1, 0.15) is 0 Å². The van der Waals surface area contributed by atoms with Gasteiger partial charge in [-0.05, 0) is 18.2 Å². The van der Waals surface area contributed by atoms with E-state index in [9.17, 15) is 9.18 Å². The second kappa shape index (κ2) is 4.28. The third-order valence-corrected chi connectivity index (χ3v) is 2.37. The number of nitrogens with two attached hydrogens (primary N) is 2. The van der Waals surface area contributed by atoms with Crippen LogP contribution >= 0.6 is 0 Å². The molecule has 1 aromatic carbocycles. The Labute approximate surface area is 96.4 Å². The van der Waals surface area contributed by atoms with Crippen LogP contribution in [0.5, 0.6) is 0 Å². The van der Waals surface area contributed by atoms with Gasteiger partial charge in [0.25, 0.3) is 0 Å². The highest BCUT2D eigenvalue weighted by atomic mass is 19.1. The van der Waals surface area contributed by atoms with Crippen molar-refractivity contribution in [2.75, 3.05) is 12.3 Å². The van der Waals surface area contributed by atoms with Crippen LogP contribution in [0, 0.1) is 5.82 Å². The van der Waals surface area contributed by atoms with Gasteiger partial charge in [0.2, 0.25) is 5.95 Å². The van der Waals surface area contributed by atoms with Gasteiger partial charge in [0.05, 0.1) is 11.0 Å². The molecule has 0 bridgehead atoms. The van der Waals surface area contributed by atoms with Gasteiger partial charge in [-0.1, -0.05) is 0 Å². The first-order valence-electron chi connectivity index (χ1n) is 5.02. The minimum atomic E-state index is -0.612. The Morgan fingerprint density at radius 2 is 2.29 bits per heavy atom. The van der Waals surface area contributed by atoms with Crippen LogP contribution in [0.2, 0.25) is 0 Å². The number of amides is 2. The fourth-order valence-electron chi connectivity index (χ4n) is 1.64. The average Bonchev–Trinajstić information content (AvgIpc) is 2.55. The van der Waals surface area contributed by atoms with E-state index >= 15 is 0 Å². The summed E-state index contributed by atoms with van der Waals surface area (Å²) in [6.45, 7) is 0.691. The van der Waals surface area contributed by atoms with Crippen molar-refractivity contribution in [1.29, 1.82) is 0 Å². The molecule has 1 aromatic heterocycles. The van der Waals surface area contributed by atoms with Crippen LogP contribution in [0.25, 0.3) is 11.0 Å². The molecule has 2 aromatic rings. The normalized spacial score (nSPS) is 10.6. The maximum absolute atomic E-state index is 13.1. The van der Waals surface area contributed by atoms with Gasteiger partial charge in [-0.25, -0.2) is 14.2 Å². The van der Waals surface area contributed by atoms with Crippen LogP contribution in [0.4, 0.5) is 15.1 Å². The highest BCUT2D eigenvalue weighted by molar-refractivity contribution is 5.78. The predicted octanol–water partition coefficient (Wildman–Crippen LogP) is 0.426. The first-order valence-corrected chi connectivity index (χ1v) is 5.02. The maximum Gasteiger partial charge on any atom is 0.312 e. The summed E-state index contributed by atoms with van der Waals surface area (Å²) in [4.78, 5) is 14.6. The highest BCUT2D eigenvalue weighted by Gasteiger charge is 2.08. The van der Waals surface area contributed by atoms with E-state index in [4.69, 9.17) is 11.5 Å². The molecule has 17 heavy (non-hydrogen) atoms. The molecular formula is C10H12FN5O. The van der Waals surface area contributed by atoms with E-state index in [1.807, 2.05) is 0 Å². The Hall–Kier alpha value is -2.31. The van der Waals surface area contributed by atoms with Crippen molar-refractivity contribution < 1.29 is 9.18 Å². The number of hydrogen-bond acceptors (Lipinski definition) is 3. The molecular weight excluding hydrogens is 225 g/mol. The van der Waals surface area contributed by atoms with Crippen molar-refractivity contribution >= 4 is 23.0 Å². The molecule has 90 valence electrons. The zero-order valence-electron chi connectivity index (χ0n) is 8.98. The molecule has 1 heterocycles. The second-order valence-electron chi connectivity index (χ2n) is 3.55. The van der Waals surface area contributed by atoms with Gasteiger partial charge in [0.15, 0.2) is 0 Å². The topological polar surface area (TPSA) is 99.0 Å². The lowest BCUT2D eigenvalue weighted by Gasteiger charge is -2.06. The Balaban J connectivity index is 2.28. The van der Waals surface area contributed by atoms with Gasteiger partial charge in [-0.3, -0.25) is 0 Å². The van der Waals surface area contributed by atoms with Crippen LogP contribution in [0.3, 0.4) is 0 Å². The van der Waals surface area contributed by atoms with E-state index in [-0.39, 0.29) is 11.8 Å². The van der Waals surface area contributed by atoms with Gasteiger partial charge in [-0.2, -0.15) is 0 Å². The van der Waals surface area contributed by atoms with Gasteiger partial charge >= 0.3 is 6.03 Å². The average molecular weight is 237 g/mol. The Morgan fingerprint density at radius 3 is 3.00 bits per heavy atom. The Kier molecular flexibility index (Phi) is 2.82. The van der Waals surface area contributed by atoms with Crippen LogP contribution in [-0.2, 0) is 6.54 Å². The largest absolute Gasteiger partial charge is 0.369 e. The number of benzene rings is 1. The number of urea groups is 1. The SMILES string of the molecule is NC(=O)NCCn1c(N)nc2ccc(F)cc21. The van der Waals surface area contributed by atoms with E-state index in [0.717, 1.165) is 0 Å². The number of anilines is 1. The fourth-order valence-corrected chi connectivity index (χ4v) is 1.64. The highest BCUT2D eigenvalue weighted by Crippen LogP contribution is 2.18. The maximum atomic E-state index is 13.1. The van der Waals surface area contributed by atoms with E-state index < -0.39 is 6.03 Å². The number of nitrogen functional groups attached to an aromatic ring is 1. The Morgan fingerprint density at radius 1 is 1.53 bits per heavy atom. The number of fused-ring (bicyclic) bond motifs is 1. The minimum Gasteiger partial charge on any atom is -0.369 e. The molecule has 0 fully saturated rings. The lowest BCUT2D eigenvalue weighted by Crippen LogP contribution is -2.32. The molecule has 2 rings (SSSR count). The Bertz CT molecular complexity index is 565. The van der Waals surface area contributed by atoms with Gasteiger partial charge in [0, 0.05) is 13.1 Å². The number of carbonyl (C=O) groups excluding carboxylic acids is 1. The van der Waals surface area contributed by atoms with Gasteiger partial charge in [-0.15, -0.1) is 0 Å². The number of carbonyl (C=O) groups is 1. The lowest BCUT2D eigenvalue weighted by molar-refractivity contribution is 0.248. The fraction of sp³-hybridized carbons (Fsp3) is 0.200. The van der Waals surface area contributed by atoms with Gasteiger partial charge in [0.1, 0.15) is 5.82 Å². The van der Waals surface area contributed by atoms with Crippen LogP contribution < -0.4 is 16.8 Å². The molecule has 5 N–H and O–H groups in total. The number of imidazole rings is 1. The van der Waals surface area contributed by atoms with Crippen molar-refractivity contribution in [3.05, 3.63) is 24.0 Å². The number of primary amides is 1. The molecule has 0 radical (unpaired) electrons. The number of nitrogens with zero attached hydrogens (tertiary/aromatic N) is 2. The second-order valence-corrected chi connectivity index (χ2v) is 3.55. The molecule has 0 aliphatic carbocycles. The molecule has 0 saturated heterocycles. The monoisotopic (exact) mass is 237 g/mol. The number of rotatable bonds is 3. The molecule has 0 aliphatic heterocycles. The van der Waals surface area contributed by atoms with E-state index in [1.54, 1.807) is 10.6 Å². The van der Waals surface area contributed by atoms with Gasteiger partial charge < -0.3 is 21.4 Å². The summed E-state index contributed by atoms with van der Waals surface area (Å²) in [6, 6.07) is 3.61. The molecule has 0 aliphatic rings. The van der Waals surface area contributed by atoms with E-state index in [1.165, 1.54) is 12.1 Å². The summed E-state index contributed by atoms with van der Waals surface area (Å²) in [5.41, 5.74) is 11.9. The van der Waals surface area contributed by atoms with E-state index in [0.29, 0.717) is 24.1 Å². The third kappa shape index (κ3) is 2.27. The van der Waals surface area contributed by atoms with Crippen LogP contribution in [-0.4, -0.2) is 22.1 Å². The first kappa shape index (κ1) is 11.2. The molecule has 0 unspecified atom stereocenters. The third-order valence-electron chi connectivity index (χ3n) is 2.37. The van der Waals surface area contributed by atoms with Crippen molar-refractivity contribution in [3.63, 3.8) is 0 Å². The first-order chi connectivity index (χ1) is 8.08. The van der Waals surface area contributed by atoms with E-state index in [2.05, 4.69) is 10.3 Å². The molecule has 6 nitrogen and oxygen atoms in total. The zero-order chi connectivity index (χ0) is 12.4. The molecule has 2 amide bonds.